The summed E-state index contributed by atoms with van der Waals surface area (Å²) < 4.78 is 0. The summed E-state index contributed by atoms with van der Waals surface area (Å²) >= 11 is 1.84. The molecule has 0 radical (unpaired) electrons. The van der Waals surface area contributed by atoms with Crippen molar-refractivity contribution >= 4 is 11.8 Å². The number of rotatable bonds is 6. The van der Waals surface area contributed by atoms with E-state index in [1.54, 1.807) is 0 Å². The number of nitriles is 1. The van der Waals surface area contributed by atoms with Crippen LogP contribution in [0.2, 0.25) is 0 Å². The standard InChI is InChI=1S/C9H18N2S/c1-9(2,8-10)4-5-11-6-7-12-3/h11H,4-7H2,1-3H3. The highest BCUT2D eigenvalue weighted by atomic mass is 32.2. The van der Waals surface area contributed by atoms with Crippen LogP contribution in [0.25, 0.3) is 0 Å². The van der Waals surface area contributed by atoms with Gasteiger partial charge in [-0.15, -0.1) is 0 Å². The summed E-state index contributed by atoms with van der Waals surface area (Å²) in [5.74, 6) is 1.15. The van der Waals surface area contributed by atoms with E-state index < -0.39 is 0 Å². The van der Waals surface area contributed by atoms with Gasteiger partial charge in [-0.3, -0.25) is 0 Å². The van der Waals surface area contributed by atoms with Crippen LogP contribution < -0.4 is 5.32 Å². The molecule has 0 aliphatic heterocycles. The second kappa shape index (κ2) is 6.33. The number of thioether (sulfide) groups is 1. The SMILES string of the molecule is CSCCNCCC(C)(C)C#N. The summed E-state index contributed by atoms with van der Waals surface area (Å²) in [6.07, 6.45) is 3.03. The molecule has 0 heterocycles. The van der Waals surface area contributed by atoms with Gasteiger partial charge in [0.25, 0.3) is 0 Å². The molecule has 0 aromatic carbocycles. The molecule has 0 aliphatic carbocycles. The molecule has 0 rings (SSSR count). The fraction of sp³-hybridized carbons (Fsp3) is 0.889. The van der Waals surface area contributed by atoms with Crippen molar-refractivity contribution in [1.29, 1.82) is 5.26 Å². The van der Waals surface area contributed by atoms with E-state index in [4.69, 9.17) is 5.26 Å². The molecule has 0 unspecified atom stereocenters. The minimum atomic E-state index is -0.174. The van der Waals surface area contributed by atoms with Crippen LogP contribution >= 0.6 is 11.8 Å². The zero-order valence-electron chi connectivity index (χ0n) is 8.18. The van der Waals surface area contributed by atoms with Crippen molar-refractivity contribution in [2.45, 2.75) is 20.3 Å². The van der Waals surface area contributed by atoms with Gasteiger partial charge in [-0.2, -0.15) is 17.0 Å². The predicted octanol–water partition coefficient (Wildman–Crippen LogP) is 1.88. The van der Waals surface area contributed by atoms with Crippen molar-refractivity contribution in [3.05, 3.63) is 0 Å². The molecule has 3 heteroatoms. The van der Waals surface area contributed by atoms with E-state index in [1.807, 2.05) is 25.6 Å². The Labute approximate surface area is 79.7 Å². The molecule has 0 bridgehead atoms. The first-order chi connectivity index (χ1) is 5.62. The second-order valence-electron chi connectivity index (χ2n) is 3.49. The molecule has 2 nitrogen and oxygen atoms in total. The molecule has 0 amide bonds. The average Bonchev–Trinajstić information content (AvgIpc) is 2.04. The average molecular weight is 186 g/mol. The van der Waals surface area contributed by atoms with Crippen LogP contribution in [0.4, 0.5) is 0 Å². The number of hydrogen-bond donors (Lipinski definition) is 1. The van der Waals surface area contributed by atoms with Gasteiger partial charge in [-0.1, -0.05) is 0 Å². The normalized spacial score (nSPS) is 11.2. The Morgan fingerprint density at radius 1 is 1.42 bits per heavy atom. The van der Waals surface area contributed by atoms with Gasteiger partial charge >= 0.3 is 0 Å². The molecule has 0 aromatic heterocycles. The van der Waals surface area contributed by atoms with Gasteiger partial charge < -0.3 is 5.32 Å². The summed E-state index contributed by atoms with van der Waals surface area (Å²) in [5.41, 5.74) is -0.174. The van der Waals surface area contributed by atoms with Gasteiger partial charge in [0.2, 0.25) is 0 Å². The van der Waals surface area contributed by atoms with Gasteiger partial charge in [0.1, 0.15) is 0 Å². The molecule has 1 N–H and O–H groups in total. The van der Waals surface area contributed by atoms with Crippen LogP contribution in [-0.4, -0.2) is 25.1 Å². The highest BCUT2D eigenvalue weighted by Gasteiger charge is 2.14. The summed E-state index contributed by atoms with van der Waals surface area (Å²) in [7, 11) is 0. The third kappa shape index (κ3) is 6.51. The molecule has 0 aromatic rings. The van der Waals surface area contributed by atoms with Crippen molar-refractivity contribution in [2.75, 3.05) is 25.1 Å². The molecule has 0 spiro atoms. The Bertz CT molecular complexity index is 149. The largest absolute Gasteiger partial charge is 0.316 e. The second-order valence-corrected chi connectivity index (χ2v) is 4.47. The number of nitrogens with one attached hydrogen (secondary N) is 1. The Hall–Kier alpha value is -0.200. The summed E-state index contributed by atoms with van der Waals surface area (Å²) in [6.45, 7) is 5.94. The first-order valence-electron chi connectivity index (χ1n) is 4.23. The zero-order chi connectivity index (χ0) is 9.45. The third-order valence-electron chi connectivity index (χ3n) is 1.71. The highest BCUT2D eigenvalue weighted by Crippen LogP contribution is 2.16. The van der Waals surface area contributed by atoms with E-state index in [2.05, 4.69) is 17.6 Å². The Kier molecular flexibility index (Phi) is 6.23. The monoisotopic (exact) mass is 186 g/mol. The van der Waals surface area contributed by atoms with Crippen LogP contribution in [-0.2, 0) is 0 Å². The van der Waals surface area contributed by atoms with Crippen molar-refractivity contribution in [3.8, 4) is 6.07 Å². The van der Waals surface area contributed by atoms with Crippen molar-refractivity contribution in [2.24, 2.45) is 5.41 Å². The predicted molar refractivity (Wildman–Crippen MR) is 55.3 cm³/mol. The van der Waals surface area contributed by atoms with Crippen LogP contribution in [0, 0.1) is 16.7 Å². The zero-order valence-corrected chi connectivity index (χ0v) is 9.00. The van der Waals surface area contributed by atoms with E-state index in [0.717, 1.165) is 25.3 Å². The Morgan fingerprint density at radius 3 is 2.58 bits per heavy atom. The topological polar surface area (TPSA) is 35.8 Å². The Balaban J connectivity index is 3.27. The molecule has 0 fully saturated rings. The van der Waals surface area contributed by atoms with E-state index >= 15 is 0 Å². The van der Waals surface area contributed by atoms with Crippen LogP contribution in [0.5, 0.6) is 0 Å². The minimum Gasteiger partial charge on any atom is -0.316 e. The van der Waals surface area contributed by atoms with E-state index in [-0.39, 0.29) is 5.41 Å². The minimum absolute atomic E-state index is 0.174. The van der Waals surface area contributed by atoms with Crippen molar-refractivity contribution in [1.82, 2.24) is 5.32 Å². The summed E-state index contributed by atoms with van der Waals surface area (Å²) in [4.78, 5) is 0. The molecule has 0 saturated heterocycles. The van der Waals surface area contributed by atoms with Gasteiger partial charge in [-0.25, -0.2) is 0 Å². The van der Waals surface area contributed by atoms with Crippen molar-refractivity contribution < 1.29 is 0 Å². The lowest BCUT2D eigenvalue weighted by atomic mass is 9.92. The van der Waals surface area contributed by atoms with Gasteiger partial charge in [0, 0.05) is 12.3 Å². The first-order valence-corrected chi connectivity index (χ1v) is 5.63. The summed E-state index contributed by atoms with van der Waals surface area (Å²) in [6, 6.07) is 2.29. The molecule has 70 valence electrons. The molecular formula is C9H18N2S. The van der Waals surface area contributed by atoms with E-state index in [1.165, 1.54) is 0 Å². The highest BCUT2D eigenvalue weighted by molar-refractivity contribution is 7.98. The fourth-order valence-electron chi connectivity index (χ4n) is 0.756. The first kappa shape index (κ1) is 11.8. The maximum atomic E-state index is 8.71. The number of nitrogens with zero attached hydrogens (tertiary/aromatic N) is 1. The van der Waals surface area contributed by atoms with E-state index in [0.29, 0.717) is 0 Å². The third-order valence-corrected chi connectivity index (χ3v) is 2.32. The maximum absolute atomic E-state index is 8.71. The van der Waals surface area contributed by atoms with Crippen molar-refractivity contribution in [3.63, 3.8) is 0 Å². The molecule has 0 atom stereocenters. The van der Waals surface area contributed by atoms with Gasteiger partial charge in [-0.05, 0) is 33.1 Å². The molecule has 0 aliphatic rings. The number of hydrogen-bond acceptors (Lipinski definition) is 3. The molecular weight excluding hydrogens is 168 g/mol. The van der Waals surface area contributed by atoms with Gasteiger partial charge in [0.15, 0.2) is 0 Å². The quantitative estimate of drug-likeness (QED) is 0.643. The smallest absolute Gasteiger partial charge is 0.0684 e. The van der Waals surface area contributed by atoms with Crippen LogP contribution in [0.1, 0.15) is 20.3 Å². The maximum Gasteiger partial charge on any atom is 0.0684 e. The molecule has 12 heavy (non-hydrogen) atoms. The van der Waals surface area contributed by atoms with Crippen LogP contribution in [0.3, 0.4) is 0 Å². The lowest BCUT2D eigenvalue weighted by Crippen LogP contribution is -2.23. The van der Waals surface area contributed by atoms with E-state index in [9.17, 15) is 0 Å². The molecule has 0 saturated carbocycles. The van der Waals surface area contributed by atoms with Crippen LogP contribution in [0.15, 0.2) is 0 Å². The lowest BCUT2D eigenvalue weighted by molar-refractivity contribution is 0.437. The fourth-order valence-corrected chi connectivity index (χ4v) is 1.10. The Morgan fingerprint density at radius 2 is 2.08 bits per heavy atom. The van der Waals surface area contributed by atoms with Gasteiger partial charge in [0.05, 0.1) is 11.5 Å². The summed E-state index contributed by atoms with van der Waals surface area (Å²) in [5, 5.41) is 12.0. The lowest BCUT2D eigenvalue weighted by Gasteiger charge is -2.14.